The zero-order valence-electron chi connectivity index (χ0n) is 10.8. The smallest absolute Gasteiger partial charge is 0.246 e. The molecule has 1 saturated heterocycles. The average molecular weight is 360 g/mol. The van der Waals surface area contributed by atoms with Crippen molar-refractivity contribution in [3.63, 3.8) is 0 Å². The van der Waals surface area contributed by atoms with Gasteiger partial charge in [0.25, 0.3) is 0 Å². The summed E-state index contributed by atoms with van der Waals surface area (Å²) in [4.78, 5) is 0.00420. The molecule has 0 aliphatic carbocycles. The van der Waals surface area contributed by atoms with E-state index >= 15 is 0 Å². The Kier molecular flexibility index (Phi) is 6.57. The first-order valence-electron chi connectivity index (χ1n) is 6.11. The molecule has 2 N–H and O–H groups in total. The average Bonchev–Trinajstić information content (AvgIpc) is 2.38. The fourth-order valence-electron chi connectivity index (χ4n) is 2.24. The number of nitrogens with zero attached hydrogens (tertiary/aromatic N) is 1. The molecule has 1 heterocycles. The third-order valence-electron chi connectivity index (χ3n) is 3.42. The summed E-state index contributed by atoms with van der Waals surface area (Å²) in [5.74, 6) is 0.396. The Hall–Kier alpha value is -0.0400. The van der Waals surface area contributed by atoms with Gasteiger partial charge in [-0.2, -0.15) is 4.31 Å². The Bertz CT molecular complexity index is 538. The minimum Gasteiger partial charge on any atom is -0.330 e. The minimum atomic E-state index is -3.63. The van der Waals surface area contributed by atoms with Gasteiger partial charge in [-0.15, -0.1) is 12.4 Å². The molecule has 0 radical (unpaired) electrons. The highest BCUT2D eigenvalue weighted by atomic mass is 35.5. The topological polar surface area (TPSA) is 63.4 Å². The van der Waals surface area contributed by atoms with E-state index in [1.165, 1.54) is 16.4 Å². The van der Waals surface area contributed by atoms with Crippen LogP contribution in [0.1, 0.15) is 12.8 Å². The summed E-state index contributed by atoms with van der Waals surface area (Å²) < 4.78 is 26.5. The highest BCUT2D eigenvalue weighted by molar-refractivity contribution is 7.89. The summed E-state index contributed by atoms with van der Waals surface area (Å²) in [6, 6.07) is 4.70. The van der Waals surface area contributed by atoms with Gasteiger partial charge in [0.05, 0.1) is 10.0 Å². The first kappa shape index (κ1) is 18.0. The minimum absolute atomic E-state index is 0. The van der Waals surface area contributed by atoms with Crippen LogP contribution in [0.4, 0.5) is 0 Å². The normalized spacial score (nSPS) is 17.8. The van der Waals surface area contributed by atoms with E-state index in [0.29, 0.717) is 25.6 Å². The second kappa shape index (κ2) is 7.29. The molecule has 20 heavy (non-hydrogen) atoms. The Morgan fingerprint density at radius 3 is 2.15 bits per heavy atom. The van der Waals surface area contributed by atoms with E-state index in [9.17, 15) is 8.42 Å². The van der Waals surface area contributed by atoms with E-state index in [0.717, 1.165) is 12.8 Å². The zero-order chi connectivity index (χ0) is 14.0. The molecule has 0 atom stereocenters. The second-order valence-electron chi connectivity index (χ2n) is 4.63. The van der Waals surface area contributed by atoms with Gasteiger partial charge in [0.15, 0.2) is 0 Å². The predicted molar refractivity (Wildman–Crippen MR) is 84.2 cm³/mol. The summed E-state index contributed by atoms with van der Waals surface area (Å²) in [7, 11) is -3.63. The maximum atomic E-state index is 12.5. The van der Waals surface area contributed by atoms with Gasteiger partial charge in [-0.05, 0) is 37.4 Å². The maximum absolute atomic E-state index is 12.5. The van der Waals surface area contributed by atoms with Crippen molar-refractivity contribution in [1.82, 2.24) is 4.31 Å². The van der Waals surface area contributed by atoms with Crippen LogP contribution in [0.25, 0.3) is 0 Å². The van der Waals surface area contributed by atoms with Crippen molar-refractivity contribution in [3.8, 4) is 0 Å². The van der Waals surface area contributed by atoms with Crippen LogP contribution in [0.15, 0.2) is 23.1 Å². The van der Waals surface area contributed by atoms with E-state index in [2.05, 4.69) is 0 Å². The van der Waals surface area contributed by atoms with Gasteiger partial charge in [-0.25, -0.2) is 8.42 Å². The van der Waals surface area contributed by atoms with Crippen molar-refractivity contribution in [2.45, 2.75) is 17.7 Å². The standard InChI is InChI=1S/C12H16Cl2N2O2S.ClH/c13-10-2-1-3-11(14)12(10)19(17,18)16-6-4-9(8-15)5-7-16;/h1-3,9H,4-8,15H2;1H. The molecule has 1 aromatic carbocycles. The maximum Gasteiger partial charge on any atom is 0.246 e. The van der Waals surface area contributed by atoms with Crippen LogP contribution in [0.5, 0.6) is 0 Å². The molecular weight excluding hydrogens is 343 g/mol. The molecule has 1 fully saturated rings. The van der Waals surface area contributed by atoms with Crippen molar-refractivity contribution in [1.29, 1.82) is 0 Å². The fraction of sp³-hybridized carbons (Fsp3) is 0.500. The Labute approximate surface area is 135 Å². The summed E-state index contributed by atoms with van der Waals surface area (Å²) in [6.45, 7) is 1.53. The summed E-state index contributed by atoms with van der Waals surface area (Å²) >= 11 is 12.0. The Morgan fingerprint density at radius 2 is 1.70 bits per heavy atom. The van der Waals surface area contributed by atoms with Gasteiger partial charge in [0, 0.05) is 13.1 Å². The van der Waals surface area contributed by atoms with Crippen LogP contribution in [0, 0.1) is 5.92 Å². The summed E-state index contributed by atoms with van der Waals surface area (Å²) in [6.07, 6.45) is 1.55. The molecule has 0 spiro atoms. The number of rotatable bonds is 3. The molecule has 0 saturated carbocycles. The first-order valence-corrected chi connectivity index (χ1v) is 8.30. The second-order valence-corrected chi connectivity index (χ2v) is 7.32. The molecular formula is C12H17Cl3N2O2S. The monoisotopic (exact) mass is 358 g/mol. The van der Waals surface area contributed by atoms with Crippen LogP contribution in [-0.4, -0.2) is 32.4 Å². The van der Waals surface area contributed by atoms with Crippen LogP contribution in [0.3, 0.4) is 0 Å². The lowest BCUT2D eigenvalue weighted by Crippen LogP contribution is -2.40. The number of halogens is 3. The van der Waals surface area contributed by atoms with Crippen molar-refractivity contribution in [2.24, 2.45) is 11.7 Å². The highest BCUT2D eigenvalue weighted by Gasteiger charge is 2.31. The summed E-state index contributed by atoms with van der Waals surface area (Å²) in [5, 5.41) is 0.321. The molecule has 1 aromatic rings. The molecule has 0 aromatic heterocycles. The quantitative estimate of drug-likeness (QED) is 0.902. The lowest BCUT2D eigenvalue weighted by Gasteiger charge is -2.30. The molecule has 8 heteroatoms. The third-order valence-corrected chi connectivity index (χ3v) is 6.28. The van der Waals surface area contributed by atoms with Crippen LogP contribution in [-0.2, 0) is 10.0 Å². The van der Waals surface area contributed by atoms with Crippen LogP contribution >= 0.6 is 35.6 Å². The third kappa shape index (κ3) is 3.59. The number of piperidine rings is 1. The van der Waals surface area contributed by atoms with E-state index in [4.69, 9.17) is 28.9 Å². The number of hydrogen-bond acceptors (Lipinski definition) is 3. The van der Waals surface area contributed by atoms with Crippen molar-refractivity contribution < 1.29 is 8.42 Å². The molecule has 4 nitrogen and oxygen atoms in total. The van der Waals surface area contributed by atoms with Gasteiger partial charge < -0.3 is 5.73 Å². The Balaban J connectivity index is 0.00000200. The van der Waals surface area contributed by atoms with E-state index in [-0.39, 0.29) is 27.3 Å². The van der Waals surface area contributed by atoms with E-state index < -0.39 is 10.0 Å². The molecule has 0 unspecified atom stereocenters. The number of hydrogen-bond donors (Lipinski definition) is 1. The molecule has 114 valence electrons. The number of sulfonamides is 1. The highest BCUT2D eigenvalue weighted by Crippen LogP contribution is 2.33. The first-order chi connectivity index (χ1) is 8.96. The van der Waals surface area contributed by atoms with Crippen molar-refractivity contribution >= 4 is 45.6 Å². The van der Waals surface area contributed by atoms with Crippen molar-refractivity contribution in [3.05, 3.63) is 28.2 Å². The molecule has 1 aliphatic heterocycles. The molecule has 2 rings (SSSR count). The van der Waals surface area contributed by atoms with Crippen molar-refractivity contribution in [2.75, 3.05) is 19.6 Å². The predicted octanol–water partition coefficient (Wildman–Crippen LogP) is 2.77. The van der Waals surface area contributed by atoms with E-state index in [1.807, 2.05) is 0 Å². The van der Waals surface area contributed by atoms with Gasteiger partial charge in [0.1, 0.15) is 4.90 Å². The van der Waals surface area contributed by atoms with Crippen LogP contribution < -0.4 is 5.73 Å². The lowest BCUT2D eigenvalue weighted by atomic mass is 9.99. The molecule has 0 amide bonds. The number of benzene rings is 1. The number of nitrogens with two attached hydrogens (primary N) is 1. The Morgan fingerprint density at radius 1 is 1.20 bits per heavy atom. The van der Waals surface area contributed by atoms with E-state index in [1.54, 1.807) is 6.07 Å². The SMILES string of the molecule is Cl.NCC1CCN(S(=O)(=O)c2c(Cl)cccc2Cl)CC1. The van der Waals surface area contributed by atoms with Crippen LogP contribution in [0.2, 0.25) is 10.0 Å². The molecule has 0 bridgehead atoms. The zero-order valence-corrected chi connectivity index (χ0v) is 13.9. The summed E-state index contributed by atoms with van der Waals surface area (Å²) in [5.41, 5.74) is 5.61. The fourth-order valence-corrected chi connectivity index (χ4v) is 4.80. The van der Waals surface area contributed by atoms with Gasteiger partial charge in [0.2, 0.25) is 10.0 Å². The largest absolute Gasteiger partial charge is 0.330 e. The molecule has 1 aliphatic rings. The van der Waals surface area contributed by atoms with Gasteiger partial charge >= 0.3 is 0 Å². The lowest BCUT2D eigenvalue weighted by molar-refractivity contribution is 0.278. The van der Waals surface area contributed by atoms with Gasteiger partial charge in [-0.1, -0.05) is 29.3 Å². The van der Waals surface area contributed by atoms with Gasteiger partial charge in [-0.3, -0.25) is 0 Å².